The van der Waals surface area contributed by atoms with Crippen LogP contribution in [0.15, 0.2) is 42.0 Å². The molecule has 0 amide bonds. The van der Waals surface area contributed by atoms with Gasteiger partial charge in [-0.1, -0.05) is 23.8 Å². The van der Waals surface area contributed by atoms with Crippen LogP contribution in [0.5, 0.6) is 23.0 Å². The molecule has 3 aliphatic heterocycles. The molecule has 2 aromatic carbocycles. The molecule has 0 spiro atoms. The number of phenolic OH excluding ortho intramolecular Hbond substituents is 3. The maximum Gasteiger partial charge on any atom is 0.203 e. The van der Waals surface area contributed by atoms with Crippen molar-refractivity contribution in [3.05, 3.63) is 58.7 Å². The first-order valence-corrected chi connectivity index (χ1v) is 14.9. The molecule has 252 valence electrons. The summed E-state index contributed by atoms with van der Waals surface area (Å²) in [6.07, 6.45) is -15.3. The smallest absolute Gasteiger partial charge is 0.203 e. The summed E-state index contributed by atoms with van der Waals surface area (Å²) in [6.45, 7) is 6.66. The number of hydrogen-bond donors (Lipinski definition) is 8. The molecule has 12 unspecified atom stereocenters. The number of benzene rings is 2. The number of carbonyl (C=O) groups excluding carboxylic acids is 1. The lowest BCUT2D eigenvalue weighted by molar-refractivity contribution is -0.355. The number of aliphatic hydroxyl groups is 5. The number of fused-ring (bicyclic) bond motifs is 1. The summed E-state index contributed by atoms with van der Waals surface area (Å²) in [7, 11) is 0. The zero-order chi connectivity index (χ0) is 33.6. The van der Waals surface area contributed by atoms with Gasteiger partial charge in [0.1, 0.15) is 65.2 Å². The highest BCUT2D eigenvalue weighted by atomic mass is 16.7. The Labute approximate surface area is 264 Å². The first-order chi connectivity index (χ1) is 21.7. The summed E-state index contributed by atoms with van der Waals surface area (Å²) in [6, 6.07) is 6.77. The van der Waals surface area contributed by atoms with E-state index in [2.05, 4.69) is 0 Å². The highest BCUT2D eigenvalue weighted by Crippen LogP contribution is 2.47. The molecule has 0 saturated carbocycles. The van der Waals surface area contributed by atoms with Gasteiger partial charge in [-0.3, -0.25) is 4.79 Å². The van der Waals surface area contributed by atoms with Gasteiger partial charge in [0.15, 0.2) is 24.8 Å². The van der Waals surface area contributed by atoms with Crippen LogP contribution >= 0.6 is 0 Å². The summed E-state index contributed by atoms with van der Waals surface area (Å²) in [5, 5.41) is 83.9. The first kappa shape index (κ1) is 34.0. The molecule has 0 aliphatic carbocycles. The van der Waals surface area contributed by atoms with Crippen molar-refractivity contribution in [1.82, 2.24) is 0 Å². The number of rotatable bonds is 7. The first-order valence-electron chi connectivity index (χ1n) is 14.9. The summed E-state index contributed by atoms with van der Waals surface area (Å²) in [5.74, 6) is -1.72. The minimum Gasteiger partial charge on any atom is -0.508 e. The van der Waals surface area contributed by atoms with Gasteiger partial charge in [0.25, 0.3) is 0 Å². The van der Waals surface area contributed by atoms with E-state index in [-0.39, 0.29) is 34.8 Å². The van der Waals surface area contributed by atoms with Crippen LogP contribution in [-0.2, 0) is 25.4 Å². The van der Waals surface area contributed by atoms with Gasteiger partial charge in [-0.15, -0.1) is 0 Å². The van der Waals surface area contributed by atoms with Gasteiger partial charge in [0.2, 0.25) is 5.78 Å². The SMILES string of the molecule is CC(C)=CCc1c(O)cc(O)c2c1OC(c1ccc(O)cc1)C(OC1OC(C)C(OC3OC(C)C(O)C(O)C3O)C(O)C1O)C2=O. The lowest BCUT2D eigenvalue weighted by Gasteiger charge is -2.46. The van der Waals surface area contributed by atoms with E-state index in [1.54, 1.807) is 0 Å². The fourth-order valence-electron chi connectivity index (χ4n) is 5.78. The fourth-order valence-corrected chi connectivity index (χ4v) is 5.78. The van der Waals surface area contributed by atoms with Crippen molar-refractivity contribution in [1.29, 1.82) is 0 Å². The lowest BCUT2D eigenvalue weighted by atomic mass is 9.89. The van der Waals surface area contributed by atoms with E-state index in [1.165, 1.54) is 38.1 Å². The largest absolute Gasteiger partial charge is 0.508 e. The number of allylic oxidation sites excluding steroid dienone is 2. The molecule has 0 radical (unpaired) electrons. The average molecular weight is 649 g/mol. The Morgan fingerprint density at radius 2 is 1.41 bits per heavy atom. The number of ketones is 1. The van der Waals surface area contributed by atoms with Crippen molar-refractivity contribution in [2.75, 3.05) is 0 Å². The van der Waals surface area contributed by atoms with Gasteiger partial charge in [-0.25, -0.2) is 0 Å². The van der Waals surface area contributed by atoms with Crippen molar-refractivity contribution in [3.63, 3.8) is 0 Å². The number of aliphatic hydroxyl groups excluding tert-OH is 5. The molecule has 2 fully saturated rings. The molecule has 46 heavy (non-hydrogen) atoms. The number of carbonyl (C=O) groups is 1. The number of hydrogen-bond acceptors (Lipinski definition) is 14. The van der Waals surface area contributed by atoms with E-state index in [4.69, 9.17) is 23.7 Å². The molecular formula is C32H40O14. The quantitative estimate of drug-likeness (QED) is 0.194. The van der Waals surface area contributed by atoms with E-state index in [0.29, 0.717) is 5.56 Å². The van der Waals surface area contributed by atoms with Gasteiger partial charge < -0.3 is 64.5 Å². The van der Waals surface area contributed by atoms with E-state index in [0.717, 1.165) is 11.6 Å². The molecule has 5 rings (SSSR count). The van der Waals surface area contributed by atoms with Crippen LogP contribution in [0, 0.1) is 0 Å². The molecule has 8 N–H and O–H groups in total. The number of phenols is 3. The summed E-state index contributed by atoms with van der Waals surface area (Å²) >= 11 is 0. The zero-order valence-electron chi connectivity index (χ0n) is 25.6. The maximum absolute atomic E-state index is 14.1. The molecule has 3 aliphatic rings. The monoisotopic (exact) mass is 648 g/mol. The van der Waals surface area contributed by atoms with Gasteiger partial charge in [-0.2, -0.15) is 0 Å². The molecule has 0 bridgehead atoms. The van der Waals surface area contributed by atoms with Crippen LogP contribution in [0.1, 0.15) is 55.3 Å². The van der Waals surface area contributed by atoms with Crippen molar-refractivity contribution in [3.8, 4) is 23.0 Å². The molecule has 2 aromatic rings. The second-order valence-corrected chi connectivity index (χ2v) is 12.1. The zero-order valence-corrected chi connectivity index (χ0v) is 25.6. The predicted molar refractivity (Wildman–Crippen MR) is 157 cm³/mol. The van der Waals surface area contributed by atoms with Crippen molar-refractivity contribution < 1.29 is 69.3 Å². The Hall–Kier alpha value is -3.31. The third kappa shape index (κ3) is 6.45. The molecule has 12 atom stereocenters. The van der Waals surface area contributed by atoms with Crippen molar-refractivity contribution in [2.45, 2.75) is 108 Å². The van der Waals surface area contributed by atoms with Gasteiger partial charge >= 0.3 is 0 Å². The number of aromatic hydroxyl groups is 3. The molecule has 3 heterocycles. The number of Topliss-reactive ketones (excluding diaryl/α,β-unsaturated/α-hetero) is 1. The van der Waals surface area contributed by atoms with E-state index in [9.17, 15) is 45.6 Å². The Balaban J connectivity index is 1.44. The van der Waals surface area contributed by atoms with Crippen molar-refractivity contribution in [2.24, 2.45) is 0 Å². The summed E-state index contributed by atoms with van der Waals surface area (Å²) in [5.41, 5.74) is 1.30. The average Bonchev–Trinajstić information content (AvgIpc) is 3.00. The van der Waals surface area contributed by atoms with Gasteiger partial charge in [0, 0.05) is 11.6 Å². The van der Waals surface area contributed by atoms with E-state index < -0.39 is 85.2 Å². The predicted octanol–water partition coefficient (Wildman–Crippen LogP) is 0.693. The lowest BCUT2D eigenvalue weighted by Crippen LogP contribution is -2.63. The van der Waals surface area contributed by atoms with Crippen LogP contribution in [0.25, 0.3) is 0 Å². The molecule has 0 aromatic heterocycles. The highest BCUT2D eigenvalue weighted by molar-refractivity contribution is 6.06. The summed E-state index contributed by atoms with van der Waals surface area (Å²) in [4.78, 5) is 14.1. The Bertz CT molecular complexity index is 1440. The fraction of sp³-hybridized carbons (Fsp3) is 0.531. The van der Waals surface area contributed by atoms with Crippen LogP contribution in [-0.4, -0.2) is 114 Å². The van der Waals surface area contributed by atoms with Crippen LogP contribution in [0.2, 0.25) is 0 Å². The van der Waals surface area contributed by atoms with Gasteiger partial charge in [-0.05, 0) is 51.8 Å². The highest BCUT2D eigenvalue weighted by Gasteiger charge is 2.52. The Morgan fingerprint density at radius 3 is 2.07 bits per heavy atom. The topological polar surface area (TPSA) is 225 Å². The third-order valence-electron chi connectivity index (χ3n) is 8.46. The molecular weight excluding hydrogens is 608 g/mol. The minimum atomic E-state index is -1.81. The van der Waals surface area contributed by atoms with Crippen LogP contribution < -0.4 is 4.74 Å². The summed E-state index contributed by atoms with van der Waals surface area (Å²) < 4.78 is 29.3. The van der Waals surface area contributed by atoms with E-state index in [1.807, 2.05) is 19.9 Å². The minimum absolute atomic E-state index is 0.0548. The van der Waals surface area contributed by atoms with Crippen LogP contribution in [0.3, 0.4) is 0 Å². The second-order valence-electron chi connectivity index (χ2n) is 12.1. The maximum atomic E-state index is 14.1. The standard InChI is InChI=1S/C32H40O14/c1-12(2)5-10-17-18(34)11-19(35)20-22(37)30(28(44-29(17)20)15-6-8-16(33)9-7-15)46-32-26(41)24(39)27(14(4)43-32)45-31-25(40)23(38)21(36)13(3)42-31/h5-9,11,13-14,21,23-28,30-36,38-41H,10H2,1-4H3. The number of ether oxygens (including phenoxy) is 5. The third-order valence-corrected chi connectivity index (χ3v) is 8.46. The normalized spacial score (nSPS) is 36.1. The molecule has 14 nitrogen and oxygen atoms in total. The Morgan fingerprint density at radius 1 is 0.804 bits per heavy atom. The molecule has 2 saturated heterocycles. The Kier molecular flexibility index (Phi) is 9.94. The van der Waals surface area contributed by atoms with Crippen LogP contribution in [0.4, 0.5) is 0 Å². The molecule has 14 heteroatoms. The van der Waals surface area contributed by atoms with E-state index >= 15 is 0 Å². The van der Waals surface area contributed by atoms with Gasteiger partial charge in [0.05, 0.1) is 12.2 Å². The van der Waals surface area contributed by atoms with Crippen molar-refractivity contribution >= 4 is 5.78 Å². The second kappa shape index (κ2) is 13.4.